The Balaban J connectivity index is 1.78. The number of aromatic nitrogens is 2. The molecule has 2 aromatic carbocycles. The van der Waals surface area contributed by atoms with E-state index in [1.807, 2.05) is 0 Å². The second kappa shape index (κ2) is 9.57. The number of ether oxygens (including phenoxy) is 3. The number of nitrogens with zero attached hydrogens (tertiary/aromatic N) is 2. The molecule has 0 unspecified atom stereocenters. The summed E-state index contributed by atoms with van der Waals surface area (Å²) in [5, 5.41) is 5.96. The van der Waals surface area contributed by atoms with Gasteiger partial charge >= 0.3 is 6.09 Å². The standard InChI is InChI=1S/C22H25FN4O4/c1-22(2,3)31-21(28)27-15-7-5-14(6-8-15)26-20-18-16(24-13-25-20)9-10-17(19(18)23)30-12-11-29-4/h5-10,13H,11-12H2,1-4H3,(H,27,28)(H,24,25,26). The molecule has 9 heteroatoms. The van der Waals surface area contributed by atoms with Crippen molar-refractivity contribution in [3.05, 3.63) is 48.5 Å². The van der Waals surface area contributed by atoms with Crippen LogP contribution in [0.5, 0.6) is 5.75 Å². The molecular formula is C22H25FN4O4. The Hall–Kier alpha value is -3.46. The number of rotatable bonds is 7. The first-order valence-electron chi connectivity index (χ1n) is 9.69. The van der Waals surface area contributed by atoms with Crippen molar-refractivity contribution in [1.29, 1.82) is 0 Å². The summed E-state index contributed by atoms with van der Waals surface area (Å²) in [7, 11) is 1.55. The van der Waals surface area contributed by atoms with E-state index in [0.717, 1.165) is 0 Å². The topological polar surface area (TPSA) is 94.6 Å². The van der Waals surface area contributed by atoms with E-state index in [4.69, 9.17) is 14.2 Å². The zero-order chi connectivity index (χ0) is 22.4. The molecule has 0 atom stereocenters. The van der Waals surface area contributed by atoms with Crippen LogP contribution in [0.25, 0.3) is 10.9 Å². The summed E-state index contributed by atoms with van der Waals surface area (Å²) in [5.41, 5.74) is 1.07. The number of halogens is 1. The maximum Gasteiger partial charge on any atom is 0.412 e. The van der Waals surface area contributed by atoms with Gasteiger partial charge in [0.2, 0.25) is 0 Å². The molecule has 2 N–H and O–H groups in total. The Morgan fingerprint density at radius 1 is 1.03 bits per heavy atom. The Bertz CT molecular complexity index is 1050. The van der Waals surface area contributed by atoms with E-state index in [1.54, 1.807) is 58.2 Å². The van der Waals surface area contributed by atoms with Crippen LogP contribution in [0.1, 0.15) is 20.8 Å². The summed E-state index contributed by atoms with van der Waals surface area (Å²) in [6, 6.07) is 10.1. The van der Waals surface area contributed by atoms with Crippen molar-refractivity contribution in [2.45, 2.75) is 26.4 Å². The molecule has 3 rings (SSSR count). The van der Waals surface area contributed by atoms with Gasteiger partial charge in [0, 0.05) is 18.5 Å². The van der Waals surface area contributed by atoms with Crippen molar-refractivity contribution in [2.24, 2.45) is 0 Å². The molecule has 0 saturated heterocycles. The van der Waals surface area contributed by atoms with Crippen molar-refractivity contribution < 1.29 is 23.4 Å². The van der Waals surface area contributed by atoms with Gasteiger partial charge in [0.1, 0.15) is 24.4 Å². The summed E-state index contributed by atoms with van der Waals surface area (Å²) >= 11 is 0. The van der Waals surface area contributed by atoms with Gasteiger partial charge in [-0.25, -0.2) is 19.2 Å². The first-order valence-corrected chi connectivity index (χ1v) is 9.69. The fourth-order valence-electron chi connectivity index (χ4n) is 2.73. The van der Waals surface area contributed by atoms with Gasteiger partial charge in [-0.1, -0.05) is 0 Å². The van der Waals surface area contributed by atoms with E-state index >= 15 is 4.39 Å². The van der Waals surface area contributed by atoms with Crippen LogP contribution in [0.15, 0.2) is 42.7 Å². The van der Waals surface area contributed by atoms with Gasteiger partial charge < -0.3 is 19.5 Å². The molecule has 0 bridgehead atoms. The molecule has 1 amide bonds. The molecule has 0 spiro atoms. The Kier molecular flexibility index (Phi) is 6.86. The zero-order valence-electron chi connectivity index (χ0n) is 17.9. The third kappa shape index (κ3) is 6.02. The second-order valence-electron chi connectivity index (χ2n) is 7.66. The van der Waals surface area contributed by atoms with Crippen LogP contribution in [0.2, 0.25) is 0 Å². The molecule has 31 heavy (non-hydrogen) atoms. The van der Waals surface area contributed by atoms with Crippen LogP contribution >= 0.6 is 0 Å². The molecule has 1 aromatic heterocycles. The minimum atomic E-state index is -0.587. The van der Waals surface area contributed by atoms with Gasteiger partial charge in [-0.05, 0) is 57.2 Å². The molecule has 164 valence electrons. The van der Waals surface area contributed by atoms with Gasteiger partial charge in [-0.2, -0.15) is 0 Å². The van der Waals surface area contributed by atoms with Gasteiger partial charge in [0.05, 0.1) is 17.5 Å². The van der Waals surface area contributed by atoms with Crippen LogP contribution in [-0.4, -0.2) is 42.0 Å². The quantitative estimate of drug-likeness (QED) is 0.518. The number of methoxy groups -OCH3 is 1. The first kappa shape index (κ1) is 22.2. The highest BCUT2D eigenvalue weighted by Gasteiger charge is 2.17. The summed E-state index contributed by atoms with van der Waals surface area (Å²) in [4.78, 5) is 20.2. The molecule has 8 nitrogen and oxygen atoms in total. The Morgan fingerprint density at radius 2 is 1.74 bits per heavy atom. The number of anilines is 3. The maximum absolute atomic E-state index is 15.1. The van der Waals surface area contributed by atoms with E-state index in [2.05, 4.69) is 20.6 Å². The second-order valence-corrected chi connectivity index (χ2v) is 7.66. The monoisotopic (exact) mass is 428 g/mol. The number of benzene rings is 2. The molecule has 1 heterocycles. The van der Waals surface area contributed by atoms with Crippen molar-refractivity contribution in [2.75, 3.05) is 31.0 Å². The molecular weight excluding hydrogens is 403 g/mol. The molecule has 3 aromatic rings. The molecule has 0 aliphatic rings. The van der Waals surface area contributed by atoms with Gasteiger partial charge in [0.25, 0.3) is 0 Å². The van der Waals surface area contributed by atoms with E-state index in [0.29, 0.717) is 29.3 Å². The highest BCUT2D eigenvalue weighted by atomic mass is 19.1. The molecule has 0 radical (unpaired) electrons. The van der Waals surface area contributed by atoms with E-state index in [-0.39, 0.29) is 17.7 Å². The van der Waals surface area contributed by atoms with Crippen molar-refractivity contribution in [1.82, 2.24) is 9.97 Å². The van der Waals surface area contributed by atoms with Gasteiger partial charge in [0.15, 0.2) is 11.6 Å². The fourth-order valence-corrected chi connectivity index (χ4v) is 2.73. The third-order valence-electron chi connectivity index (χ3n) is 4.04. The van der Waals surface area contributed by atoms with E-state index < -0.39 is 17.5 Å². The summed E-state index contributed by atoms with van der Waals surface area (Å²) in [6.07, 6.45) is 0.812. The largest absolute Gasteiger partial charge is 0.488 e. The normalized spacial score (nSPS) is 11.3. The Labute approximate surface area is 179 Å². The number of fused-ring (bicyclic) bond motifs is 1. The SMILES string of the molecule is COCCOc1ccc2ncnc(Nc3ccc(NC(=O)OC(C)(C)C)cc3)c2c1F. The fraction of sp³-hybridized carbons (Fsp3) is 0.318. The lowest BCUT2D eigenvalue weighted by Gasteiger charge is -2.19. The minimum Gasteiger partial charge on any atom is -0.488 e. The zero-order valence-corrected chi connectivity index (χ0v) is 17.9. The lowest BCUT2D eigenvalue weighted by atomic mass is 10.2. The third-order valence-corrected chi connectivity index (χ3v) is 4.04. The average molecular weight is 428 g/mol. The van der Waals surface area contributed by atoms with Gasteiger partial charge in [-0.15, -0.1) is 0 Å². The minimum absolute atomic E-state index is 0.0966. The van der Waals surface area contributed by atoms with Crippen LogP contribution in [0.4, 0.5) is 26.4 Å². The van der Waals surface area contributed by atoms with E-state index in [9.17, 15) is 4.79 Å². The lowest BCUT2D eigenvalue weighted by Crippen LogP contribution is -2.27. The van der Waals surface area contributed by atoms with Crippen molar-refractivity contribution in [3.63, 3.8) is 0 Å². The van der Waals surface area contributed by atoms with Crippen LogP contribution in [0, 0.1) is 5.82 Å². The van der Waals surface area contributed by atoms with Crippen LogP contribution in [-0.2, 0) is 9.47 Å². The van der Waals surface area contributed by atoms with Crippen molar-refractivity contribution in [3.8, 4) is 5.75 Å². The highest BCUT2D eigenvalue weighted by molar-refractivity contribution is 5.92. The van der Waals surface area contributed by atoms with Crippen LogP contribution in [0.3, 0.4) is 0 Å². The first-order chi connectivity index (χ1) is 14.8. The predicted molar refractivity (Wildman–Crippen MR) is 116 cm³/mol. The molecule has 0 aliphatic heterocycles. The molecule has 0 aliphatic carbocycles. The number of hydrogen-bond donors (Lipinski definition) is 2. The summed E-state index contributed by atoms with van der Waals surface area (Å²) < 4.78 is 30.7. The summed E-state index contributed by atoms with van der Waals surface area (Å²) in [6.45, 7) is 5.94. The predicted octanol–water partition coefficient (Wildman–Crippen LogP) is 4.88. The van der Waals surface area contributed by atoms with Crippen molar-refractivity contribution >= 4 is 34.2 Å². The van der Waals surface area contributed by atoms with Crippen LogP contribution < -0.4 is 15.4 Å². The molecule has 0 fully saturated rings. The van der Waals surface area contributed by atoms with Gasteiger partial charge in [-0.3, -0.25) is 5.32 Å². The summed E-state index contributed by atoms with van der Waals surface area (Å²) in [5.74, 6) is -0.160. The number of carbonyl (C=O) groups excluding carboxylic acids is 1. The smallest absolute Gasteiger partial charge is 0.412 e. The average Bonchev–Trinajstić information content (AvgIpc) is 2.70. The Morgan fingerprint density at radius 3 is 2.42 bits per heavy atom. The lowest BCUT2D eigenvalue weighted by molar-refractivity contribution is 0.0636. The number of nitrogens with one attached hydrogen (secondary N) is 2. The maximum atomic E-state index is 15.1. The highest BCUT2D eigenvalue weighted by Crippen LogP contribution is 2.31. The number of carbonyl (C=O) groups is 1. The number of amides is 1. The van der Waals surface area contributed by atoms with E-state index in [1.165, 1.54) is 12.4 Å². The molecule has 0 saturated carbocycles. The number of hydrogen-bond acceptors (Lipinski definition) is 7.